The number of carboxylic acids is 1. The molecule has 1 aliphatic rings. The Morgan fingerprint density at radius 3 is 2.33 bits per heavy atom. The molecule has 0 aromatic heterocycles. The van der Waals surface area contributed by atoms with Crippen molar-refractivity contribution < 1.29 is 14.6 Å². The second-order valence-corrected chi connectivity index (χ2v) is 7.54. The van der Waals surface area contributed by atoms with E-state index >= 15 is 0 Å². The predicted octanol–water partition coefficient (Wildman–Crippen LogP) is 5.42. The molecule has 2 unspecified atom stereocenters. The summed E-state index contributed by atoms with van der Waals surface area (Å²) < 4.78 is 5.84. The zero-order valence-electron chi connectivity index (χ0n) is 14.0. The van der Waals surface area contributed by atoms with E-state index in [1.807, 2.05) is 45.0 Å². The molecule has 0 spiro atoms. The maximum atomic E-state index is 11.9. The highest BCUT2D eigenvalue weighted by Gasteiger charge is 2.73. The fourth-order valence-electron chi connectivity index (χ4n) is 3.72. The summed E-state index contributed by atoms with van der Waals surface area (Å²) in [4.78, 5) is 11.9. The minimum Gasteiger partial charge on any atom is -0.481 e. The van der Waals surface area contributed by atoms with Gasteiger partial charge in [0.15, 0.2) is 0 Å². The Hall–Kier alpha value is -2.00. The van der Waals surface area contributed by atoms with Gasteiger partial charge in [-0.3, -0.25) is 4.79 Å². The zero-order valence-corrected chi connectivity index (χ0v) is 14.8. The highest BCUT2D eigenvalue weighted by atomic mass is 35.5. The highest BCUT2D eigenvalue weighted by molar-refractivity contribution is 6.30. The third-order valence-electron chi connectivity index (χ3n) is 5.70. The average molecular weight is 345 g/mol. The Labute approximate surface area is 147 Å². The molecule has 2 aromatic carbocycles. The quantitative estimate of drug-likeness (QED) is 0.787. The molecule has 3 rings (SSSR count). The molecule has 3 nitrogen and oxygen atoms in total. The van der Waals surface area contributed by atoms with Crippen molar-refractivity contribution in [3.63, 3.8) is 0 Å². The summed E-state index contributed by atoms with van der Waals surface area (Å²) in [6.07, 6.45) is 0.508. The molecule has 2 atom stereocenters. The Morgan fingerprint density at radius 1 is 1.17 bits per heavy atom. The number of aliphatic carboxylic acids is 1. The Balaban J connectivity index is 1.81. The Morgan fingerprint density at radius 2 is 1.79 bits per heavy atom. The first-order valence-corrected chi connectivity index (χ1v) is 8.41. The van der Waals surface area contributed by atoms with Crippen molar-refractivity contribution in [2.45, 2.75) is 27.2 Å². The van der Waals surface area contributed by atoms with E-state index in [1.54, 1.807) is 24.3 Å². The standard InChI is InChI=1S/C20H21ClO3/c1-13-19(2,3)20(13,18(22)23)12-14-5-4-6-17(11-14)24-16-9-7-15(21)8-10-16/h4-11,13H,12H2,1-3H3,(H,22,23). The topological polar surface area (TPSA) is 46.5 Å². The van der Waals surface area contributed by atoms with Gasteiger partial charge in [0.1, 0.15) is 11.5 Å². The van der Waals surface area contributed by atoms with Crippen LogP contribution in [0.3, 0.4) is 0 Å². The van der Waals surface area contributed by atoms with Gasteiger partial charge >= 0.3 is 5.97 Å². The molecule has 0 heterocycles. The Kier molecular flexibility index (Phi) is 4.08. The van der Waals surface area contributed by atoms with Crippen LogP contribution in [0, 0.1) is 16.7 Å². The molecule has 126 valence electrons. The van der Waals surface area contributed by atoms with Crippen LogP contribution in [-0.4, -0.2) is 11.1 Å². The van der Waals surface area contributed by atoms with Crippen molar-refractivity contribution in [2.24, 2.45) is 16.7 Å². The molecule has 1 N–H and O–H groups in total. The molecule has 0 bridgehead atoms. The third-order valence-corrected chi connectivity index (χ3v) is 5.95. The van der Waals surface area contributed by atoms with Crippen LogP contribution in [-0.2, 0) is 11.2 Å². The van der Waals surface area contributed by atoms with Crippen molar-refractivity contribution in [3.8, 4) is 11.5 Å². The maximum absolute atomic E-state index is 11.9. The fraction of sp³-hybridized carbons (Fsp3) is 0.350. The summed E-state index contributed by atoms with van der Waals surface area (Å²) in [5.74, 6) is 0.818. The Bertz CT molecular complexity index is 767. The van der Waals surface area contributed by atoms with Gasteiger partial charge in [-0.15, -0.1) is 0 Å². The van der Waals surface area contributed by atoms with Gasteiger partial charge in [-0.2, -0.15) is 0 Å². The number of rotatable bonds is 5. The van der Waals surface area contributed by atoms with Gasteiger partial charge in [0, 0.05) is 5.02 Å². The number of carboxylic acid groups (broad SMARTS) is 1. The van der Waals surface area contributed by atoms with E-state index in [2.05, 4.69) is 0 Å². The molecule has 1 aliphatic carbocycles. The lowest BCUT2D eigenvalue weighted by molar-refractivity contribution is -0.145. The normalized spacial score (nSPS) is 24.4. The first-order valence-electron chi connectivity index (χ1n) is 8.03. The number of ether oxygens (including phenoxy) is 1. The van der Waals surface area contributed by atoms with Gasteiger partial charge in [0.25, 0.3) is 0 Å². The molecular formula is C20H21ClO3. The number of halogens is 1. The fourth-order valence-corrected chi connectivity index (χ4v) is 3.85. The molecule has 0 aliphatic heterocycles. The van der Waals surface area contributed by atoms with Crippen LogP contribution in [0.2, 0.25) is 5.02 Å². The molecule has 4 heteroatoms. The van der Waals surface area contributed by atoms with Gasteiger partial charge in [0.05, 0.1) is 5.41 Å². The van der Waals surface area contributed by atoms with E-state index < -0.39 is 11.4 Å². The minimum absolute atomic E-state index is 0.142. The second-order valence-electron chi connectivity index (χ2n) is 7.10. The lowest BCUT2D eigenvalue weighted by Gasteiger charge is -2.16. The van der Waals surface area contributed by atoms with Crippen LogP contribution < -0.4 is 4.74 Å². The van der Waals surface area contributed by atoms with Crippen molar-refractivity contribution in [1.82, 2.24) is 0 Å². The molecule has 0 saturated heterocycles. The first-order chi connectivity index (χ1) is 11.3. The van der Waals surface area contributed by atoms with E-state index in [-0.39, 0.29) is 11.3 Å². The molecule has 1 saturated carbocycles. The van der Waals surface area contributed by atoms with Crippen LogP contribution in [0.25, 0.3) is 0 Å². The van der Waals surface area contributed by atoms with Gasteiger partial charge in [0.2, 0.25) is 0 Å². The lowest BCUT2D eigenvalue weighted by atomic mass is 9.88. The number of hydrogen-bond donors (Lipinski definition) is 1. The van der Waals surface area contributed by atoms with Crippen LogP contribution in [0.1, 0.15) is 26.3 Å². The third kappa shape index (κ3) is 2.67. The maximum Gasteiger partial charge on any atom is 0.310 e. The van der Waals surface area contributed by atoms with E-state index in [0.717, 1.165) is 5.56 Å². The summed E-state index contributed by atoms with van der Waals surface area (Å²) >= 11 is 5.88. The van der Waals surface area contributed by atoms with Crippen molar-refractivity contribution in [1.29, 1.82) is 0 Å². The smallest absolute Gasteiger partial charge is 0.310 e. The van der Waals surface area contributed by atoms with Gasteiger partial charge < -0.3 is 9.84 Å². The van der Waals surface area contributed by atoms with E-state index in [0.29, 0.717) is 22.9 Å². The molecule has 2 aromatic rings. The lowest BCUT2D eigenvalue weighted by Crippen LogP contribution is -2.24. The van der Waals surface area contributed by atoms with Crippen molar-refractivity contribution >= 4 is 17.6 Å². The van der Waals surface area contributed by atoms with Gasteiger partial charge in [-0.25, -0.2) is 0 Å². The SMILES string of the molecule is CC1C(C)(C)C1(Cc1cccc(Oc2ccc(Cl)cc2)c1)C(=O)O. The molecular weight excluding hydrogens is 324 g/mol. The summed E-state index contributed by atoms with van der Waals surface area (Å²) in [7, 11) is 0. The van der Waals surface area contributed by atoms with Crippen molar-refractivity contribution in [3.05, 3.63) is 59.1 Å². The van der Waals surface area contributed by atoms with Crippen molar-refractivity contribution in [2.75, 3.05) is 0 Å². The predicted molar refractivity (Wildman–Crippen MR) is 94.7 cm³/mol. The van der Waals surface area contributed by atoms with Crippen LogP contribution in [0.5, 0.6) is 11.5 Å². The number of hydrogen-bond acceptors (Lipinski definition) is 2. The molecule has 0 amide bonds. The summed E-state index contributed by atoms with van der Waals surface area (Å²) in [6, 6.07) is 14.8. The number of benzene rings is 2. The first kappa shape index (κ1) is 16.8. The van der Waals surface area contributed by atoms with E-state index in [9.17, 15) is 9.90 Å². The zero-order chi connectivity index (χ0) is 17.5. The minimum atomic E-state index is -0.718. The average Bonchev–Trinajstić information content (AvgIpc) is 2.96. The largest absolute Gasteiger partial charge is 0.481 e. The summed E-state index contributed by atoms with van der Waals surface area (Å²) in [6.45, 7) is 6.07. The molecule has 1 fully saturated rings. The molecule has 0 radical (unpaired) electrons. The highest BCUT2D eigenvalue weighted by Crippen LogP contribution is 2.70. The second kappa shape index (κ2) is 5.82. The monoisotopic (exact) mass is 344 g/mol. The van der Waals surface area contributed by atoms with Gasteiger partial charge in [-0.1, -0.05) is 44.5 Å². The molecule has 24 heavy (non-hydrogen) atoms. The summed E-state index contributed by atoms with van der Waals surface area (Å²) in [5, 5.41) is 10.4. The number of carbonyl (C=O) groups is 1. The van der Waals surface area contributed by atoms with E-state index in [4.69, 9.17) is 16.3 Å². The van der Waals surface area contributed by atoms with Crippen LogP contribution >= 0.6 is 11.6 Å². The van der Waals surface area contributed by atoms with Crippen LogP contribution in [0.15, 0.2) is 48.5 Å². The summed E-state index contributed by atoms with van der Waals surface area (Å²) in [5.41, 5.74) is 0.0684. The van der Waals surface area contributed by atoms with Gasteiger partial charge in [-0.05, 0) is 59.7 Å². The van der Waals surface area contributed by atoms with Crippen LogP contribution in [0.4, 0.5) is 0 Å². The van der Waals surface area contributed by atoms with E-state index in [1.165, 1.54) is 0 Å².